The molecule has 0 aliphatic rings. The highest BCUT2D eigenvalue weighted by Crippen LogP contribution is 2.12. The lowest BCUT2D eigenvalue weighted by atomic mass is 9.94. The molecule has 0 aliphatic carbocycles. The molecule has 0 amide bonds. The van der Waals surface area contributed by atoms with Crippen molar-refractivity contribution in [3.8, 4) is 0 Å². The van der Waals surface area contributed by atoms with Crippen molar-refractivity contribution in [1.29, 1.82) is 0 Å². The number of hydrogen-bond acceptors (Lipinski definition) is 3. The smallest absolute Gasteiger partial charge is 0.333 e. The predicted molar refractivity (Wildman–Crippen MR) is 53.6 cm³/mol. The van der Waals surface area contributed by atoms with E-state index in [9.17, 15) is 14.7 Å². The van der Waals surface area contributed by atoms with Gasteiger partial charge in [0.25, 0.3) is 0 Å². The lowest BCUT2D eigenvalue weighted by Gasteiger charge is -2.13. The molecule has 4 heteroatoms. The molecular weight excluding hydrogens is 196 g/mol. The van der Waals surface area contributed by atoms with Crippen molar-refractivity contribution in [2.24, 2.45) is 5.92 Å². The molecule has 1 aromatic carbocycles. The number of rotatable bonds is 4. The van der Waals surface area contributed by atoms with Crippen LogP contribution in [0.15, 0.2) is 30.3 Å². The lowest BCUT2D eigenvalue weighted by Crippen LogP contribution is -2.32. The first-order valence-electron chi connectivity index (χ1n) is 4.54. The zero-order valence-corrected chi connectivity index (χ0v) is 8.25. The van der Waals surface area contributed by atoms with E-state index in [2.05, 4.69) is 0 Å². The highest BCUT2D eigenvalue weighted by molar-refractivity contribution is 6.00. The minimum absolute atomic E-state index is 0.370. The second-order valence-electron chi connectivity index (χ2n) is 3.30. The molecule has 0 fully saturated rings. The molecular formula is C11H12O4. The van der Waals surface area contributed by atoms with Crippen LogP contribution in [-0.4, -0.2) is 28.1 Å². The van der Waals surface area contributed by atoms with Gasteiger partial charge >= 0.3 is 5.97 Å². The van der Waals surface area contributed by atoms with Gasteiger partial charge in [-0.3, -0.25) is 4.79 Å². The number of carbonyl (C=O) groups is 2. The molecule has 0 heterocycles. The van der Waals surface area contributed by atoms with Crippen LogP contribution in [0.1, 0.15) is 17.3 Å². The molecule has 2 atom stereocenters. The van der Waals surface area contributed by atoms with Crippen molar-refractivity contribution >= 4 is 11.8 Å². The minimum atomic E-state index is -1.65. The second-order valence-corrected chi connectivity index (χ2v) is 3.30. The molecule has 2 N–H and O–H groups in total. The minimum Gasteiger partial charge on any atom is -0.479 e. The van der Waals surface area contributed by atoms with Crippen molar-refractivity contribution < 1.29 is 19.8 Å². The summed E-state index contributed by atoms with van der Waals surface area (Å²) in [7, 11) is 0. The number of ketones is 1. The van der Waals surface area contributed by atoms with Gasteiger partial charge in [-0.05, 0) is 0 Å². The average Bonchev–Trinajstić information content (AvgIpc) is 2.27. The van der Waals surface area contributed by atoms with E-state index in [0.29, 0.717) is 5.56 Å². The van der Waals surface area contributed by atoms with Crippen molar-refractivity contribution in [1.82, 2.24) is 0 Å². The largest absolute Gasteiger partial charge is 0.479 e. The lowest BCUT2D eigenvalue weighted by molar-refractivity contribution is -0.148. The van der Waals surface area contributed by atoms with Gasteiger partial charge in [-0.2, -0.15) is 0 Å². The van der Waals surface area contributed by atoms with Gasteiger partial charge in [0.2, 0.25) is 0 Å². The highest BCUT2D eigenvalue weighted by atomic mass is 16.4. The van der Waals surface area contributed by atoms with Crippen molar-refractivity contribution in [3.05, 3.63) is 35.9 Å². The van der Waals surface area contributed by atoms with Crippen LogP contribution in [0.2, 0.25) is 0 Å². The number of aliphatic hydroxyl groups excluding tert-OH is 1. The summed E-state index contributed by atoms with van der Waals surface area (Å²) in [6, 6.07) is 8.32. The molecule has 0 saturated heterocycles. The quantitative estimate of drug-likeness (QED) is 0.722. The fraction of sp³-hybridized carbons (Fsp3) is 0.273. The average molecular weight is 208 g/mol. The number of hydrogen-bond donors (Lipinski definition) is 2. The van der Waals surface area contributed by atoms with Gasteiger partial charge in [0.15, 0.2) is 11.9 Å². The summed E-state index contributed by atoms with van der Waals surface area (Å²) >= 11 is 0. The summed E-state index contributed by atoms with van der Waals surface area (Å²) in [5.41, 5.74) is 0.408. The summed E-state index contributed by atoms with van der Waals surface area (Å²) in [6.07, 6.45) is -1.65. The van der Waals surface area contributed by atoms with Gasteiger partial charge in [-0.25, -0.2) is 4.79 Å². The van der Waals surface area contributed by atoms with E-state index >= 15 is 0 Å². The number of carboxylic acids is 1. The third-order valence-corrected chi connectivity index (χ3v) is 2.20. The van der Waals surface area contributed by atoms with E-state index in [0.717, 1.165) is 0 Å². The Morgan fingerprint density at radius 3 is 2.20 bits per heavy atom. The zero-order chi connectivity index (χ0) is 11.4. The molecule has 0 aromatic heterocycles. The third kappa shape index (κ3) is 2.63. The van der Waals surface area contributed by atoms with E-state index in [1.165, 1.54) is 6.92 Å². The second kappa shape index (κ2) is 4.70. The maximum absolute atomic E-state index is 11.7. The summed E-state index contributed by atoms with van der Waals surface area (Å²) in [5.74, 6) is -2.69. The van der Waals surface area contributed by atoms with Crippen LogP contribution >= 0.6 is 0 Å². The Morgan fingerprint density at radius 2 is 1.73 bits per heavy atom. The molecule has 0 spiro atoms. The number of Topliss-reactive ketones (excluding diaryl/α,β-unsaturated/α-hetero) is 1. The van der Waals surface area contributed by atoms with Gasteiger partial charge in [-0.1, -0.05) is 37.3 Å². The van der Waals surface area contributed by atoms with E-state index < -0.39 is 18.0 Å². The van der Waals surface area contributed by atoms with Gasteiger partial charge in [0.05, 0.1) is 5.92 Å². The molecule has 0 aliphatic heterocycles. The Labute approximate surface area is 87.2 Å². The Kier molecular flexibility index (Phi) is 3.57. The topological polar surface area (TPSA) is 74.6 Å². The molecule has 4 nitrogen and oxygen atoms in total. The molecule has 0 bridgehead atoms. The van der Waals surface area contributed by atoms with Crippen LogP contribution in [-0.2, 0) is 4.79 Å². The van der Waals surface area contributed by atoms with Crippen LogP contribution < -0.4 is 0 Å². The van der Waals surface area contributed by atoms with Gasteiger partial charge in [0.1, 0.15) is 0 Å². The molecule has 1 aromatic rings. The number of benzene rings is 1. The van der Waals surface area contributed by atoms with Crippen LogP contribution in [0.4, 0.5) is 0 Å². The van der Waals surface area contributed by atoms with Crippen molar-refractivity contribution in [3.63, 3.8) is 0 Å². The van der Waals surface area contributed by atoms with Crippen LogP contribution in [0.25, 0.3) is 0 Å². The van der Waals surface area contributed by atoms with Crippen molar-refractivity contribution in [2.75, 3.05) is 0 Å². The molecule has 15 heavy (non-hydrogen) atoms. The van der Waals surface area contributed by atoms with Crippen molar-refractivity contribution in [2.45, 2.75) is 13.0 Å². The van der Waals surface area contributed by atoms with Gasteiger partial charge in [0, 0.05) is 5.56 Å². The Balaban J connectivity index is 2.82. The maximum atomic E-state index is 11.7. The Bertz CT molecular complexity index is 358. The van der Waals surface area contributed by atoms with Crippen LogP contribution in [0.3, 0.4) is 0 Å². The van der Waals surface area contributed by atoms with E-state index in [1.807, 2.05) is 0 Å². The highest BCUT2D eigenvalue weighted by Gasteiger charge is 2.28. The number of aliphatic carboxylic acids is 1. The molecule has 0 saturated carbocycles. The first kappa shape index (κ1) is 11.4. The first-order valence-corrected chi connectivity index (χ1v) is 4.54. The van der Waals surface area contributed by atoms with E-state index in [1.54, 1.807) is 30.3 Å². The van der Waals surface area contributed by atoms with Gasteiger partial charge < -0.3 is 10.2 Å². The molecule has 80 valence electrons. The zero-order valence-electron chi connectivity index (χ0n) is 8.25. The normalized spacial score (nSPS) is 14.3. The molecule has 1 rings (SSSR count). The summed E-state index contributed by atoms with van der Waals surface area (Å²) < 4.78 is 0. The fourth-order valence-corrected chi connectivity index (χ4v) is 1.22. The summed E-state index contributed by atoms with van der Waals surface area (Å²) in [5, 5.41) is 17.8. The Hall–Kier alpha value is -1.68. The molecule has 0 unspecified atom stereocenters. The number of carbonyl (C=O) groups excluding carboxylic acids is 1. The first-order chi connectivity index (χ1) is 7.04. The number of carboxylic acid groups (broad SMARTS) is 1. The van der Waals surface area contributed by atoms with E-state index in [-0.39, 0.29) is 5.78 Å². The SMILES string of the molecule is C[C@H](C(=O)c1ccccc1)[C@@H](O)C(=O)O. The van der Waals surface area contributed by atoms with Gasteiger partial charge in [-0.15, -0.1) is 0 Å². The fourth-order valence-electron chi connectivity index (χ4n) is 1.22. The van der Waals surface area contributed by atoms with E-state index in [4.69, 9.17) is 5.11 Å². The summed E-state index contributed by atoms with van der Waals surface area (Å²) in [6.45, 7) is 1.40. The molecule has 0 radical (unpaired) electrons. The Morgan fingerprint density at radius 1 is 1.20 bits per heavy atom. The summed E-state index contributed by atoms with van der Waals surface area (Å²) in [4.78, 5) is 22.1. The van der Waals surface area contributed by atoms with Crippen LogP contribution in [0.5, 0.6) is 0 Å². The maximum Gasteiger partial charge on any atom is 0.333 e. The third-order valence-electron chi connectivity index (χ3n) is 2.20. The monoisotopic (exact) mass is 208 g/mol. The standard InChI is InChI=1S/C11H12O4/c1-7(10(13)11(14)15)9(12)8-5-3-2-4-6-8/h2-7,10,13H,1H3,(H,14,15)/t7-,10-/m1/s1. The predicted octanol–water partition coefficient (Wildman–Crippen LogP) is 0.951. The number of aliphatic hydroxyl groups is 1. The van der Waals surface area contributed by atoms with Crippen LogP contribution in [0, 0.1) is 5.92 Å².